The van der Waals surface area contributed by atoms with Gasteiger partial charge in [-0.25, -0.2) is 4.21 Å². The van der Waals surface area contributed by atoms with E-state index in [9.17, 15) is 13.3 Å². The standard InChI is InChI=1S/C20H16O3S/c21-24(22,23,19-11-9-15-5-1-3-7-17(15)13-19)20-12-10-16-6-2-4-8-18(16)14-20/h1-14H,(H2,21,22,23). The molecule has 0 fully saturated rings. The van der Waals surface area contributed by atoms with E-state index in [-0.39, 0.29) is 9.79 Å². The fourth-order valence-electron chi connectivity index (χ4n) is 2.93. The van der Waals surface area contributed by atoms with E-state index in [2.05, 4.69) is 0 Å². The second-order valence-electron chi connectivity index (χ2n) is 5.88. The maximum atomic E-state index is 13.2. The van der Waals surface area contributed by atoms with Gasteiger partial charge in [0.05, 0.1) is 9.79 Å². The van der Waals surface area contributed by atoms with E-state index < -0.39 is 9.63 Å². The highest BCUT2D eigenvalue weighted by atomic mass is 32.3. The van der Waals surface area contributed by atoms with E-state index in [4.69, 9.17) is 0 Å². The van der Waals surface area contributed by atoms with Crippen LogP contribution in [0, 0.1) is 0 Å². The van der Waals surface area contributed by atoms with Crippen LogP contribution in [0.5, 0.6) is 0 Å². The zero-order valence-corrected chi connectivity index (χ0v) is 13.6. The summed E-state index contributed by atoms with van der Waals surface area (Å²) in [4.78, 5) is 0.00182. The molecule has 24 heavy (non-hydrogen) atoms. The molecule has 4 aromatic rings. The van der Waals surface area contributed by atoms with E-state index in [1.165, 1.54) is 12.1 Å². The molecule has 120 valence electrons. The third-order valence-electron chi connectivity index (χ3n) is 4.29. The van der Waals surface area contributed by atoms with Crippen molar-refractivity contribution < 1.29 is 13.3 Å². The molecule has 0 amide bonds. The van der Waals surface area contributed by atoms with Gasteiger partial charge >= 0.3 is 0 Å². The molecular weight excluding hydrogens is 320 g/mol. The van der Waals surface area contributed by atoms with Crippen LogP contribution in [0.4, 0.5) is 0 Å². The Morgan fingerprint density at radius 3 is 1.33 bits per heavy atom. The van der Waals surface area contributed by atoms with E-state index in [0.29, 0.717) is 0 Å². The van der Waals surface area contributed by atoms with Crippen molar-refractivity contribution in [1.29, 1.82) is 0 Å². The molecule has 0 saturated heterocycles. The molecule has 2 N–H and O–H groups in total. The Morgan fingerprint density at radius 2 is 0.917 bits per heavy atom. The maximum absolute atomic E-state index is 13.2. The van der Waals surface area contributed by atoms with Crippen molar-refractivity contribution in [3.05, 3.63) is 84.9 Å². The summed E-state index contributed by atoms with van der Waals surface area (Å²) in [6.07, 6.45) is 0. The number of benzene rings is 4. The Balaban J connectivity index is 1.95. The van der Waals surface area contributed by atoms with Gasteiger partial charge in [-0.3, -0.25) is 0 Å². The average Bonchev–Trinajstić information content (AvgIpc) is 2.60. The Bertz CT molecular complexity index is 1060. The SMILES string of the molecule is O=S(O)(O)(c1ccc2ccccc2c1)c1ccc2ccccc2c1. The summed E-state index contributed by atoms with van der Waals surface area (Å²) < 4.78 is 34.7. The molecule has 0 unspecified atom stereocenters. The predicted molar refractivity (Wildman–Crippen MR) is 97.8 cm³/mol. The normalized spacial score (nSPS) is 13.7. The summed E-state index contributed by atoms with van der Waals surface area (Å²) in [7, 11) is -5.14. The number of hydrogen-bond acceptors (Lipinski definition) is 1. The minimum absolute atomic E-state index is 0.000908. The fourth-order valence-corrected chi connectivity index (χ4v) is 4.51. The molecule has 0 aliphatic carbocycles. The predicted octanol–water partition coefficient (Wildman–Crippen LogP) is 5.18. The van der Waals surface area contributed by atoms with Gasteiger partial charge < -0.3 is 9.11 Å². The van der Waals surface area contributed by atoms with Gasteiger partial charge in [0, 0.05) is 0 Å². The van der Waals surface area contributed by atoms with E-state index in [1.54, 1.807) is 24.3 Å². The molecule has 0 aliphatic heterocycles. The number of hydrogen-bond donors (Lipinski definition) is 2. The van der Waals surface area contributed by atoms with Crippen LogP contribution in [0.1, 0.15) is 0 Å². The lowest BCUT2D eigenvalue weighted by Crippen LogP contribution is -2.31. The average molecular weight is 336 g/mol. The van der Waals surface area contributed by atoms with Crippen LogP contribution in [0.15, 0.2) is 94.7 Å². The largest absolute Gasteiger partial charge is 0.301 e. The first-order valence-electron chi connectivity index (χ1n) is 7.57. The molecule has 0 bridgehead atoms. The monoisotopic (exact) mass is 336 g/mol. The van der Waals surface area contributed by atoms with Gasteiger partial charge in [-0.05, 0) is 45.8 Å². The molecule has 4 heteroatoms. The zero-order chi connectivity index (χ0) is 16.8. The minimum Gasteiger partial charge on any atom is -0.301 e. The summed E-state index contributed by atoms with van der Waals surface area (Å²) in [6, 6.07) is 24.7. The molecule has 0 radical (unpaired) electrons. The van der Waals surface area contributed by atoms with Crippen LogP contribution in [0.3, 0.4) is 0 Å². The molecule has 0 saturated carbocycles. The van der Waals surface area contributed by atoms with Crippen molar-refractivity contribution in [3.8, 4) is 0 Å². The van der Waals surface area contributed by atoms with Gasteiger partial charge in [0.25, 0.3) is 0 Å². The zero-order valence-electron chi connectivity index (χ0n) is 12.8. The van der Waals surface area contributed by atoms with Gasteiger partial charge in [-0.15, -0.1) is 0 Å². The Morgan fingerprint density at radius 1 is 0.542 bits per heavy atom. The van der Waals surface area contributed by atoms with Crippen molar-refractivity contribution in [2.24, 2.45) is 0 Å². The summed E-state index contributed by atoms with van der Waals surface area (Å²) >= 11 is 0. The van der Waals surface area contributed by atoms with Gasteiger partial charge in [0.15, 0.2) is 0 Å². The third-order valence-corrected chi connectivity index (χ3v) is 6.50. The van der Waals surface area contributed by atoms with Gasteiger partial charge in [-0.2, -0.15) is 0 Å². The fraction of sp³-hybridized carbons (Fsp3) is 0. The van der Waals surface area contributed by atoms with Crippen LogP contribution in [-0.4, -0.2) is 13.3 Å². The third kappa shape index (κ3) is 2.32. The lowest BCUT2D eigenvalue weighted by atomic mass is 10.1. The smallest absolute Gasteiger partial charge is 0.135 e. The summed E-state index contributed by atoms with van der Waals surface area (Å²) in [5.74, 6) is 0. The van der Waals surface area contributed by atoms with Gasteiger partial charge in [0.1, 0.15) is 9.63 Å². The van der Waals surface area contributed by atoms with Crippen LogP contribution in [0.2, 0.25) is 0 Å². The summed E-state index contributed by atoms with van der Waals surface area (Å²) in [5, 5.41) is 3.50. The van der Waals surface area contributed by atoms with E-state index in [0.717, 1.165) is 21.5 Å². The van der Waals surface area contributed by atoms with E-state index in [1.807, 2.05) is 48.5 Å². The second kappa shape index (κ2) is 4.98. The van der Waals surface area contributed by atoms with Crippen molar-refractivity contribution in [2.45, 2.75) is 9.79 Å². The van der Waals surface area contributed by atoms with Crippen LogP contribution >= 0.6 is 0 Å². The van der Waals surface area contributed by atoms with E-state index >= 15 is 0 Å². The topological polar surface area (TPSA) is 57.5 Å². The number of rotatable bonds is 2. The highest BCUT2D eigenvalue weighted by molar-refractivity contribution is 8.10. The Hall–Kier alpha value is -2.53. The molecule has 0 heterocycles. The van der Waals surface area contributed by atoms with Crippen molar-refractivity contribution >= 4 is 31.2 Å². The lowest BCUT2D eigenvalue weighted by molar-refractivity contribution is 0.390. The van der Waals surface area contributed by atoms with Crippen LogP contribution in [0.25, 0.3) is 21.5 Å². The molecule has 0 aliphatic rings. The summed E-state index contributed by atoms with van der Waals surface area (Å²) in [6.45, 7) is 0. The quantitative estimate of drug-likeness (QED) is 0.530. The molecule has 0 aromatic heterocycles. The van der Waals surface area contributed by atoms with Crippen LogP contribution < -0.4 is 0 Å². The second-order valence-corrected chi connectivity index (χ2v) is 8.55. The maximum Gasteiger partial charge on any atom is 0.135 e. The summed E-state index contributed by atoms with van der Waals surface area (Å²) in [5.41, 5.74) is 0. The van der Waals surface area contributed by atoms with Crippen molar-refractivity contribution in [3.63, 3.8) is 0 Å². The van der Waals surface area contributed by atoms with Crippen molar-refractivity contribution in [2.75, 3.05) is 0 Å². The molecule has 3 nitrogen and oxygen atoms in total. The number of fused-ring (bicyclic) bond motifs is 2. The van der Waals surface area contributed by atoms with Crippen molar-refractivity contribution in [1.82, 2.24) is 0 Å². The minimum atomic E-state index is -5.14. The first kappa shape index (κ1) is 15.0. The van der Waals surface area contributed by atoms with Crippen LogP contribution in [-0.2, 0) is 9.63 Å². The first-order valence-corrected chi connectivity index (χ1v) is 9.45. The Labute approximate surface area is 139 Å². The highest BCUT2D eigenvalue weighted by Gasteiger charge is 2.35. The lowest BCUT2D eigenvalue weighted by Gasteiger charge is -2.31. The highest BCUT2D eigenvalue weighted by Crippen LogP contribution is 2.39. The van der Waals surface area contributed by atoms with Gasteiger partial charge in [0.2, 0.25) is 0 Å². The Kier molecular flexibility index (Phi) is 3.12. The molecule has 0 spiro atoms. The molecule has 4 rings (SSSR count). The first-order chi connectivity index (χ1) is 11.4. The molecule has 0 atom stereocenters. The van der Waals surface area contributed by atoms with Gasteiger partial charge in [-0.1, -0.05) is 60.7 Å². The molecular formula is C20H16O3S. The molecule has 4 aromatic carbocycles.